The number of carbonyl (C=O) groups excluding carboxylic acids is 2. The molecule has 0 bridgehead atoms. The first-order chi connectivity index (χ1) is 15.3. The van der Waals surface area contributed by atoms with E-state index in [1.165, 1.54) is 0 Å². The van der Waals surface area contributed by atoms with E-state index in [2.05, 4.69) is 22.2 Å². The number of ether oxygens (including phenoxy) is 1. The number of benzene rings is 1. The first kappa shape index (κ1) is 24.8. The minimum absolute atomic E-state index is 0.233. The highest BCUT2D eigenvalue weighted by Crippen LogP contribution is 2.38. The number of amides is 2. The number of halogens is 2. The molecule has 1 atom stereocenters. The summed E-state index contributed by atoms with van der Waals surface area (Å²) in [5.41, 5.74) is 1.63. The van der Waals surface area contributed by atoms with E-state index in [1.807, 2.05) is 14.0 Å². The van der Waals surface area contributed by atoms with Crippen molar-refractivity contribution in [1.29, 1.82) is 0 Å². The van der Waals surface area contributed by atoms with Crippen LogP contribution in [0.3, 0.4) is 0 Å². The van der Waals surface area contributed by atoms with Crippen LogP contribution in [0.25, 0.3) is 0 Å². The molecule has 0 aromatic heterocycles. The molecule has 0 saturated carbocycles. The molecule has 0 spiro atoms. The number of nitrogens with zero attached hydrogens (tertiary/aromatic N) is 3. The van der Waals surface area contributed by atoms with Gasteiger partial charge in [0.15, 0.2) is 0 Å². The lowest BCUT2D eigenvalue weighted by Crippen LogP contribution is -2.52. The average Bonchev–Trinajstić information content (AvgIpc) is 2.76. The number of esters is 1. The lowest BCUT2D eigenvalue weighted by Gasteiger charge is -2.40. The number of hydrogen-bond acceptors (Lipinski definition) is 5. The van der Waals surface area contributed by atoms with Crippen LogP contribution in [0, 0.1) is 0 Å². The van der Waals surface area contributed by atoms with Gasteiger partial charge in [0.05, 0.1) is 28.3 Å². The lowest BCUT2D eigenvalue weighted by molar-refractivity contribution is -0.139. The van der Waals surface area contributed by atoms with Gasteiger partial charge in [0.2, 0.25) is 0 Å². The molecule has 2 amide bonds. The van der Waals surface area contributed by atoms with Gasteiger partial charge >= 0.3 is 12.0 Å². The molecule has 1 aromatic rings. The summed E-state index contributed by atoms with van der Waals surface area (Å²) in [5, 5.41) is 3.62. The minimum atomic E-state index is -0.739. The van der Waals surface area contributed by atoms with Crippen molar-refractivity contribution in [3.63, 3.8) is 0 Å². The van der Waals surface area contributed by atoms with Crippen molar-refractivity contribution in [3.8, 4) is 0 Å². The number of likely N-dealkylation sites (N-methyl/N-ethyl adjacent to an activating group) is 2. The third-order valence-corrected chi connectivity index (χ3v) is 7.09. The number of likely N-dealkylation sites (tertiary alicyclic amines) is 1. The SMILES string of the molecule is CCOC(=O)C1=C(CN(C)C2CCN(C)CC2)N(CC)C(=O)NC1c1cccc(Cl)c1Cl. The van der Waals surface area contributed by atoms with E-state index in [0.29, 0.717) is 46.0 Å². The summed E-state index contributed by atoms with van der Waals surface area (Å²) in [6.45, 7) is 6.83. The standard InChI is InChI=1S/C23H32Cl2N4O3/c1-5-29-18(14-28(4)15-10-12-27(3)13-11-15)19(22(30)32-6-2)21(26-23(29)31)16-8-7-9-17(24)20(16)25/h7-9,15,21H,5-6,10-14H2,1-4H3,(H,26,31). The monoisotopic (exact) mass is 482 g/mol. The summed E-state index contributed by atoms with van der Waals surface area (Å²) in [6.07, 6.45) is 2.08. The van der Waals surface area contributed by atoms with Gasteiger partial charge in [0.1, 0.15) is 0 Å². The third kappa shape index (κ3) is 5.22. The quantitative estimate of drug-likeness (QED) is 0.596. The molecule has 1 aromatic carbocycles. The minimum Gasteiger partial charge on any atom is -0.463 e. The number of rotatable bonds is 7. The topological polar surface area (TPSA) is 65.1 Å². The normalized spacial score (nSPS) is 20.7. The van der Waals surface area contributed by atoms with Gasteiger partial charge in [-0.25, -0.2) is 9.59 Å². The Morgan fingerprint density at radius 1 is 1.25 bits per heavy atom. The molecule has 1 N–H and O–H groups in total. The molecule has 2 aliphatic rings. The maximum atomic E-state index is 13.2. The van der Waals surface area contributed by atoms with Crippen molar-refractivity contribution >= 4 is 35.2 Å². The van der Waals surface area contributed by atoms with Crippen molar-refractivity contribution in [2.45, 2.75) is 38.8 Å². The van der Waals surface area contributed by atoms with E-state index in [9.17, 15) is 9.59 Å². The van der Waals surface area contributed by atoms with Gasteiger partial charge in [0, 0.05) is 24.8 Å². The fraction of sp³-hybridized carbons (Fsp3) is 0.565. The summed E-state index contributed by atoms with van der Waals surface area (Å²) in [6, 6.07) is 4.58. The van der Waals surface area contributed by atoms with Crippen LogP contribution in [0.1, 0.15) is 38.3 Å². The summed E-state index contributed by atoms with van der Waals surface area (Å²) in [4.78, 5) is 32.4. The molecular weight excluding hydrogens is 451 g/mol. The van der Waals surface area contributed by atoms with E-state index in [-0.39, 0.29) is 12.6 Å². The van der Waals surface area contributed by atoms with Gasteiger partial charge in [-0.05, 0) is 65.5 Å². The second-order valence-electron chi connectivity index (χ2n) is 8.30. The number of urea groups is 1. The average molecular weight is 483 g/mol. The number of carbonyl (C=O) groups is 2. The van der Waals surface area contributed by atoms with Crippen LogP contribution in [-0.4, -0.2) is 79.6 Å². The molecule has 2 aliphatic heterocycles. The third-order valence-electron chi connectivity index (χ3n) is 6.25. The van der Waals surface area contributed by atoms with Crippen LogP contribution >= 0.6 is 23.2 Å². The Balaban J connectivity index is 2.07. The predicted molar refractivity (Wildman–Crippen MR) is 127 cm³/mol. The van der Waals surface area contributed by atoms with E-state index in [4.69, 9.17) is 27.9 Å². The van der Waals surface area contributed by atoms with Crippen molar-refractivity contribution < 1.29 is 14.3 Å². The molecule has 1 saturated heterocycles. The van der Waals surface area contributed by atoms with Crippen molar-refractivity contribution in [3.05, 3.63) is 45.1 Å². The van der Waals surface area contributed by atoms with Gasteiger partial charge in [0.25, 0.3) is 0 Å². The molecule has 1 fully saturated rings. The Morgan fingerprint density at radius 3 is 2.56 bits per heavy atom. The van der Waals surface area contributed by atoms with Gasteiger partial charge in [-0.3, -0.25) is 9.80 Å². The zero-order chi connectivity index (χ0) is 23.4. The molecule has 9 heteroatoms. The van der Waals surface area contributed by atoms with Gasteiger partial charge in [-0.1, -0.05) is 35.3 Å². The van der Waals surface area contributed by atoms with E-state index < -0.39 is 12.0 Å². The molecule has 1 unspecified atom stereocenters. The zero-order valence-corrected chi connectivity index (χ0v) is 20.7. The molecular formula is C23H32Cl2N4O3. The molecule has 176 valence electrons. The Kier molecular flexibility index (Phi) is 8.44. The van der Waals surface area contributed by atoms with E-state index in [1.54, 1.807) is 30.0 Å². The van der Waals surface area contributed by atoms with Gasteiger partial charge in [-0.2, -0.15) is 0 Å². The smallest absolute Gasteiger partial charge is 0.338 e. The maximum absolute atomic E-state index is 13.2. The second kappa shape index (κ2) is 10.9. The predicted octanol–water partition coefficient (Wildman–Crippen LogP) is 3.92. The second-order valence-corrected chi connectivity index (χ2v) is 9.09. The zero-order valence-electron chi connectivity index (χ0n) is 19.2. The molecule has 3 rings (SSSR count). The summed E-state index contributed by atoms with van der Waals surface area (Å²) in [5.74, 6) is -0.459. The molecule has 2 heterocycles. The largest absolute Gasteiger partial charge is 0.463 e. The fourth-order valence-corrected chi connectivity index (χ4v) is 4.85. The Hall–Kier alpha value is -1.80. The van der Waals surface area contributed by atoms with Gasteiger partial charge in [-0.15, -0.1) is 0 Å². The molecule has 0 aliphatic carbocycles. The van der Waals surface area contributed by atoms with Crippen LogP contribution in [0.4, 0.5) is 4.79 Å². The van der Waals surface area contributed by atoms with Gasteiger partial charge < -0.3 is 15.0 Å². The van der Waals surface area contributed by atoms with Crippen LogP contribution in [0.5, 0.6) is 0 Å². The van der Waals surface area contributed by atoms with Crippen LogP contribution < -0.4 is 5.32 Å². The fourth-order valence-electron chi connectivity index (χ4n) is 4.44. The number of nitrogens with one attached hydrogen (secondary N) is 1. The molecule has 0 radical (unpaired) electrons. The number of piperidine rings is 1. The van der Waals surface area contributed by atoms with Crippen molar-refractivity contribution in [2.75, 3.05) is 46.9 Å². The summed E-state index contributed by atoms with van der Waals surface area (Å²) in [7, 11) is 4.18. The number of hydrogen-bond donors (Lipinski definition) is 1. The van der Waals surface area contributed by atoms with E-state index in [0.717, 1.165) is 25.9 Å². The maximum Gasteiger partial charge on any atom is 0.338 e. The highest BCUT2D eigenvalue weighted by Gasteiger charge is 2.39. The van der Waals surface area contributed by atoms with Crippen LogP contribution in [0.15, 0.2) is 29.5 Å². The summed E-state index contributed by atoms with van der Waals surface area (Å²) < 4.78 is 5.43. The molecule has 32 heavy (non-hydrogen) atoms. The first-order valence-electron chi connectivity index (χ1n) is 11.1. The van der Waals surface area contributed by atoms with Crippen LogP contribution in [0.2, 0.25) is 10.0 Å². The van der Waals surface area contributed by atoms with Crippen molar-refractivity contribution in [2.24, 2.45) is 0 Å². The van der Waals surface area contributed by atoms with Crippen LogP contribution in [-0.2, 0) is 9.53 Å². The van der Waals surface area contributed by atoms with E-state index >= 15 is 0 Å². The first-order valence-corrected chi connectivity index (χ1v) is 11.8. The highest BCUT2D eigenvalue weighted by molar-refractivity contribution is 6.42. The lowest BCUT2D eigenvalue weighted by atomic mass is 9.93. The Labute approximate surface area is 200 Å². The Bertz CT molecular complexity index is 884. The molecule has 7 nitrogen and oxygen atoms in total. The summed E-state index contributed by atoms with van der Waals surface area (Å²) >= 11 is 12.7. The highest BCUT2D eigenvalue weighted by atomic mass is 35.5. The Morgan fingerprint density at radius 2 is 1.94 bits per heavy atom. The van der Waals surface area contributed by atoms with Crippen molar-refractivity contribution in [1.82, 2.24) is 20.0 Å².